The van der Waals surface area contributed by atoms with Crippen molar-refractivity contribution in [1.29, 1.82) is 0 Å². The van der Waals surface area contributed by atoms with Crippen molar-refractivity contribution in [3.8, 4) is 0 Å². The highest BCUT2D eigenvalue weighted by molar-refractivity contribution is 5.93. The Bertz CT molecular complexity index is 465. The minimum Gasteiger partial charge on any atom is -0.469 e. The lowest BCUT2D eigenvalue weighted by Crippen LogP contribution is -2.34. The van der Waals surface area contributed by atoms with Gasteiger partial charge in [-0.15, -0.1) is 0 Å². The molecule has 17 heavy (non-hydrogen) atoms. The van der Waals surface area contributed by atoms with Crippen LogP contribution in [-0.2, 0) is 6.42 Å². The third-order valence-corrected chi connectivity index (χ3v) is 2.39. The molecule has 2 aromatic rings. The van der Waals surface area contributed by atoms with Crippen LogP contribution >= 0.6 is 0 Å². The summed E-state index contributed by atoms with van der Waals surface area (Å²) >= 11 is 0. The van der Waals surface area contributed by atoms with Gasteiger partial charge in [0, 0.05) is 24.9 Å². The van der Waals surface area contributed by atoms with Crippen LogP contribution in [0, 0.1) is 0 Å². The van der Waals surface area contributed by atoms with Crippen molar-refractivity contribution in [3.63, 3.8) is 0 Å². The van der Waals surface area contributed by atoms with Gasteiger partial charge in [0.1, 0.15) is 5.76 Å². The molecule has 4 nitrogen and oxygen atoms in total. The molecule has 0 aromatic carbocycles. The summed E-state index contributed by atoms with van der Waals surface area (Å²) in [6, 6.07) is 7.24. The molecule has 1 atom stereocenters. The average molecular weight is 230 g/mol. The molecule has 1 N–H and O–H groups in total. The number of hydrogen-bond acceptors (Lipinski definition) is 3. The highest BCUT2D eigenvalue weighted by atomic mass is 16.3. The van der Waals surface area contributed by atoms with Crippen LogP contribution in [0.25, 0.3) is 0 Å². The molecule has 0 bridgehead atoms. The van der Waals surface area contributed by atoms with Crippen LogP contribution in [0.4, 0.5) is 0 Å². The van der Waals surface area contributed by atoms with Crippen molar-refractivity contribution < 1.29 is 9.21 Å². The van der Waals surface area contributed by atoms with Crippen molar-refractivity contribution in [2.45, 2.75) is 19.4 Å². The Balaban J connectivity index is 1.91. The van der Waals surface area contributed by atoms with E-state index in [1.165, 1.54) is 0 Å². The van der Waals surface area contributed by atoms with E-state index in [1.54, 1.807) is 30.8 Å². The highest BCUT2D eigenvalue weighted by Crippen LogP contribution is 2.04. The number of carbonyl (C=O) groups is 1. The monoisotopic (exact) mass is 230 g/mol. The fourth-order valence-corrected chi connectivity index (χ4v) is 1.59. The number of nitrogens with zero attached hydrogens (tertiary/aromatic N) is 1. The first kappa shape index (κ1) is 11.4. The van der Waals surface area contributed by atoms with Gasteiger partial charge in [-0.05, 0) is 31.2 Å². The van der Waals surface area contributed by atoms with E-state index in [4.69, 9.17) is 4.42 Å². The van der Waals surface area contributed by atoms with E-state index in [-0.39, 0.29) is 11.9 Å². The van der Waals surface area contributed by atoms with E-state index < -0.39 is 0 Å². The topological polar surface area (TPSA) is 55.1 Å². The van der Waals surface area contributed by atoms with E-state index in [9.17, 15) is 4.79 Å². The number of amides is 1. The van der Waals surface area contributed by atoms with Gasteiger partial charge in [0.15, 0.2) is 0 Å². The normalized spacial score (nSPS) is 12.1. The quantitative estimate of drug-likeness (QED) is 0.874. The summed E-state index contributed by atoms with van der Waals surface area (Å²) in [6.45, 7) is 1.94. The standard InChI is InChI=1S/C13H14N2O2/c1-10(8-12-5-3-7-17-12)15-13(16)11-4-2-6-14-9-11/h2-7,9-10H,8H2,1H3,(H,15,16). The molecule has 2 aromatic heterocycles. The minimum atomic E-state index is -0.114. The summed E-state index contributed by atoms with van der Waals surface area (Å²) in [5.74, 6) is 0.751. The molecule has 1 unspecified atom stereocenters. The van der Waals surface area contributed by atoms with Crippen molar-refractivity contribution in [2.24, 2.45) is 0 Å². The maximum absolute atomic E-state index is 11.8. The number of nitrogens with one attached hydrogen (secondary N) is 1. The molecule has 88 valence electrons. The van der Waals surface area contributed by atoms with Crippen LogP contribution < -0.4 is 5.32 Å². The zero-order valence-electron chi connectivity index (χ0n) is 9.59. The zero-order valence-corrected chi connectivity index (χ0v) is 9.59. The van der Waals surface area contributed by atoms with Crippen LogP contribution in [-0.4, -0.2) is 16.9 Å². The van der Waals surface area contributed by atoms with Gasteiger partial charge >= 0.3 is 0 Å². The molecule has 0 fully saturated rings. The number of furan rings is 1. The average Bonchev–Trinajstić information content (AvgIpc) is 2.82. The smallest absolute Gasteiger partial charge is 0.253 e. The first-order chi connectivity index (χ1) is 8.25. The Morgan fingerprint density at radius 2 is 2.35 bits per heavy atom. The Labute approximate surface area is 99.7 Å². The number of aromatic nitrogens is 1. The molecule has 0 aliphatic rings. The molecule has 4 heteroatoms. The van der Waals surface area contributed by atoms with Gasteiger partial charge in [0.25, 0.3) is 5.91 Å². The largest absolute Gasteiger partial charge is 0.469 e. The van der Waals surface area contributed by atoms with Crippen LogP contribution in [0.1, 0.15) is 23.0 Å². The molecule has 0 saturated heterocycles. The molecule has 0 saturated carbocycles. The number of hydrogen-bond donors (Lipinski definition) is 1. The van der Waals surface area contributed by atoms with Gasteiger partial charge in [-0.1, -0.05) is 0 Å². The van der Waals surface area contributed by atoms with E-state index in [0.29, 0.717) is 12.0 Å². The van der Waals surface area contributed by atoms with Crippen LogP contribution in [0.3, 0.4) is 0 Å². The summed E-state index contributed by atoms with van der Waals surface area (Å²) in [5.41, 5.74) is 0.568. The van der Waals surface area contributed by atoms with Gasteiger partial charge in [-0.25, -0.2) is 0 Å². The first-order valence-corrected chi connectivity index (χ1v) is 5.49. The van der Waals surface area contributed by atoms with E-state index in [1.807, 2.05) is 19.1 Å². The van der Waals surface area contributed by atoms with Gasteiger partial charge < -0.3 is 9.73 Å². The Hall–Kier alpha value is -2.10. The molecular formula is C13H14N2O2. The van der Waals surface area contributed by atoms with Crippen LogP contribution in [0.5, 0.6) is 0 Å². The lowest BCUT2D eigenvalue weighted by atomic mass is 10.2. The molecule has 0 spiro atoms. The Kier molecular flexibility index (Phi) is 3.55. The predicted octanol–water partition coefficient (Wildman–Crippen LogP) is 2.04. The maximum Gasteiger partial charge on any atom is 0.253 e. The van der Waals surface area contributed by atoms with E-state index in [0.717, 1.165) is 5.76 Å². The van der Waals surface area contributed by atoms with Crippen molar-refractivity contribution in [2.75, 3.05) is 0 Å². The predicted molar refractivity (Wildman–Crippen MR) is 63.6 cm³/mol. The third-order valence-electron chi connectivity index (χ3n) is 2.39. The molecule has 0 aliphatic heterocycles. The number of rotatable bonds is 4. The van der Waals surface area contributed by atoms with Crippen LogP contribution in [0.2, 0.25) is 0 Å². The summed E-state index contributed by atoms with van der Waals surface area (Å²) in [7, 11) is 0. The summed E-state index contributed by atoms with van der Waals surface area (Å²) < 4.78 is 5.23. The van der Waals surface area contributed by atoms with Gasteiger partial charge in [0.05, 0.1) is 11.8 Å². The molecule has 2 heterocycles. The SMILES string of the molecule is CC(Cc1ccco1)NC(=O)c1cccnc1. The van der Waals surface area contributed by atoms with Crippen molar-refractivity contribution in [3.05, 3.63) is 54.2 Å². The molecular weight excluding hydrogens is 216 g/mol. The second kappa shape index (κ2) is 5.30. The molecule has 0 aliphatic carbocycles. The second-order valence-electron chi connectivity index (χ2n) is 3.90. The van der Waals surface area contributed by atoms with Gasteiger partial charge in [-0.2, -0.15) is 0 Å². The summed E-state index contributed by atoms with van der Waals surface area (Å²) in [5, 5.41) is 2.90. The second-order valence-corrected chi connectivity index (χ2v) is 3.90. The van der Waals surface area contributed by atoms with E-state index >= 15 is 0 Å². The maximum atomic E-state index is 11.8. The lowest BCUT2D eigenvalue weighted by molar-refractivity contribution is 0.0939. The molecule has 2 rings (SSSR count). The Morgan fingerprint density at radius 1 is 1.47 bits per heavy atom. The summed E-state index contributed by atoms with van der Waals surface area (Å²) in [6.07, 6.45) is 5.50. The Morgan fingerprint density at radius 3 is 3.00 bits per heavy atom. The van der Waals surface area contributed by atoms with Gasteiger partial charge in [0.2, 0.25) is 0 Å². The zero-order chi connectivity index (χ0) is 12.1. The number of carbonyl (C=O) groups excluding carboxylic acids is 1. The van der Waals surface area contributed by atoms with Gasteiger partial charge in [-0.3, -0.25) is 9.78 Å². The third kappa shape index (κ3) is 3.17. The molecule has 0 radical (unpaired) electrons. The van der Waals surface area contributed by atoms with Crippen LogP contribution in [0.15, 0.2) is 47.3 Å². The minimum absolute atomic E-state index is 0.0221. The molecule has 1 amide bonds. The summed E-state index contributed by atoms with van der Waals surface area (Å²) in [4.78, 5) is 15.7. The highest BCUT2D eigenvalue weighted by Gasteiger charge is 2.11. The van der Waals surface area contributed by atoms with Crippen molar-refractivity contribution >= 4 is 5.91 Å². The van der Waals surface area contributed by atoms with E-state index in [2.05, 4.69) is 10.3 Å². The number of pyridine rings is 1. The fraction of sp³-hybridized carbons (Fsp3) is 0.231. The first-order valence-electron chi connectivity index (χ1n) is 5.49. The van der Waals surface area contributed by atoms with Crippen molar-refractivity contribution in [1.82, 2.24) is 10.3 Å². The lowest BCUT2D eigenvalue weighted by Gasteiger charge is -2.12. The fourth-order valence-electron chi connectivity index (χ4n) is 1.59.